The van der Waals surface area contributed by atoms with Crippen LogP contribution in [0.15, 0.2) is 24.3 Å². The highest BCUT2D eigenvalue weighted by atomic mass is 16.5. The van der Waals surface area contributed by atoms with E-state index in [0.717, 1.165) is 6.42 Å². The second-order valence-corrected chi connectivity index (χ2v) is 4.74. The third kappa shape index (κ3) is 2.48. The zero-order valence-corrected chi connectivity index (χ0v) is 10.8. The summed E-state index contributed by atoms with van der Waals surface area (Å²) in [6, 6.07) is 7.24. The Morgan fingerprint density at radius 2 is 2.22 bits per heavy atom. The van der Waals surface area contributed by atoms with E-state index in [0.29, 0.717) is 24.4 Å². The van der Waals surface area contributed by atoms with Crippen molar-refractivity contribution in [3.63, 3.8) is 0 Å². The molecule has 1 aliphatic rings. The minimum atomic E-state index is -0.361. The Labute approximate surface area is 107 Å². The molecule has 1 heterocycles. The summed E-state index contributed by atoms with van der Waals surface area (Å²) in [6.45, 7) is 3.10. The van der Waals surface area contributed by atoms with Gasteiger partial charge in [-0.3, -0.25) is 4.79 Å². The molecule has 98 valence electrons. The Hall–Kier alpha value is -1.55. The molecule has 1 amide bonds. The van der Waals surface area contributed by atoms with Crippen molar-refractivity contribution in [2.75, 3.05) is 20.2 Å². The summed E-state index contributed by atoms with van der Waals surface area (Å²) in [7, 11) is 1.56. The first kappa shape index (κ1) is 12.9. The van der Waals surface area contributed by atoms with Crippen molar-refractivity contribution in [3.8, 4) is 5.75 Å². The molecule has 1 fully saturated rings. The maximum absolute atomic E-state index is 12.4. The molecule has 2 rings (SSSR count). The van der Waals surface area contributed by atoms with Gasteiger partial charge in [0.2, 0.25) is 0 Å². The number of carbonyl (C=O) groups is 1. The topological polar surface area (TPSA) is 49.8 Å². The van der Waals surface area contributed by atoms with Crippen molar-refractivity contribution < 1.29 is 14.6 Å². The van der Waals surface area contributed by atoms with Crippen LogP contribution in [-0.4, -0.2) is 42.2 Å². The van der Waals surface area contributed by atoms with E-state index in [9.17, 15) is 9.90 Å². The molecule has 0 bridgehead atoms. The van der Waals surface area contributed by atoms with Gasteiger partial charge in [-0.2, -0.15) is 0 Å². The van der Waals surface area contributed by atoms with E-state index in [-0.39, 0.29) is 17.9 Å². The molecule has 0 radical (unpaired) electrons. The highest BCUT2D eigenvalue weighted by molar-refractivity contribution is 5.97. The van der Waals surface area contributed by atoms with Gasteiger partial charge in [0, 0.05) is 19.0 Å². The Bertz CT molecular complexity index is 431. The number of aliphatic hydroxyl groups is 1. The van der Waals surface area contributed by atoms with E-state index in [1.165, 1.54) is 0 Å². The van der Waals surface area contributed by atoms with Crippen molar-refractivity contribution in [1.29, 1.82) is 0 Å². The van der Waals surface area contributed by atoms with Gasteiger partial charge in [0.1, 0.15) is 5.75 Å². The summed E-state index contributed by atoms with van der Waals surface area (Å²) in [4.78, 5) is 14.1. The summed E-state index contributed by atoms with van der Waals surface area (Å²) in [5, 5.41) is 9.56. The van der Waals surface area contributed by atoms with Crippen LogP contribution in [0.25, 0.3) is 0 Å². The molecule has 1 N–H and O–H groups in total. The Morgan fingerprint density at radius 1 is 1.50 bits per heavy atom. The molecule has 0 aliphatic carbocycles. The number of methoxy groups -OCH3 is 1. The van der Waals surface area contributed by atoms with Crippen LogP contribution in [0.3, 0.4) is 0 Å². The van der Waals surface area contributed by atoms with Crippen molar-refractivity contribution in [2.24, 2.45) is 5.92 Å². The number of carbonyl (C=O) groups excluding carboxylic acids is 1. The number of nitrogens with zero attached hydrogens (tertiary/aromatic N) is 1. The summed E-state index contributed by atoms with van der Waals surface area (Å²) in [6.07, 6.45) is 0.499. The first-order valence-corrected chi connectivity index (χ1v) is 6.24. The zero-order valence-electron chi connectivity index (χ0n) is 10.8. The lowest BCUT2D eigenvalue weighted by Crippen LogP contribution is -2.30. The van der Waals surface area contributed by atoms with Gasteiger partial charge in [-0.1, -0.05) is 12.1 Å². The van der Waals surface area contributed by atoms with E-state index in [2.05, 4.69) is 0 Å². The molecular formula is C14H19NO3. The van der Waals surface area contributed by atoms with Crippen LogP contribution in [0.2, 0.25) is 0 Å². The minimum absolute atomic E-state index is 0.0180. The summed E-state index contributed by atoms with van der Waals surface area (Å²) in [5.41, 5.74) is 0.589. The van der Waals surface area contributed by atoms with Crippen LogP contribution in [-0.2, 0) is 0 Å². The van der Waals surface area contributed by atoms with Crippen LogP contribution in [0, 0.1) is 5.92 Å². The quantitative estimate of drug-likeness (QED) is 0.884. The molecule has 4 nitrogen and oxygen atoms in total. The first-order chi connectivity index (χ1) is 8.63. The molecule has 1 aromatic carbocycles. The van der Waals surface area contributed by atoms with Gasteiger partial charge in [-0.05, 0) is 25.5 Å². The number of hydrogen-bond acceptors (Lipinski definition) is 3. The smallest absolute Gasteiger partial charge is 0.257 e. The second-order valence-electron chi connectivity index (χ2n) is 4.74. The number of amides is 1. The molecule has 0 saturated carbocycles. The van der Waals surface area contributed by atoms with Crippen molar-refractivity contribution >= 4 is 5.91 Å². The van der Waals surface area contributed by atoms with Gasteiger partial charge in [-0.15, -0.1) is 0 Å². The monoisotopic (exact) mass is 249 g/mol. The van der Waals surface area contributed by atoms with E-state index in [4.69, 9.17) is 4.74 Å². The number of benzene rings is 1. The SMILES string of the molecule is COc1ccccc1C(=O)N1CCC(C(C)O)C1. The molecule has 2 atom stereocenters. The number of rotatable bonds is 3. The molecule has 2 unspecified atom stereocenters. The van der Waals surface area contributed by atoms with E-state index in [1.54, 1.807) is 31.1 Å². The fourth-order valence-corrected chi connectivity index (χ4v) is 2.36. The van der Waals surface area contributed by atoms with Gasteiger partial charge < -0.3 is 14.7 Å². The Kier molecular flexibility index (Phi) is 3.87. The van der Waals surface area contributed by atoms with Crippen molar-refractivity contribution in [1.82, 2.24) is 4.90 Å². The lowest BCUT2D eigenvalue weighted by Gasteiger charge is -2.19. The molecule has 1 aliphatic heterocycles. The average Bonchev–Trinajstić information content (AvgIpc) is 2.87. The summed E-state index contributed by atoms with van der Waals surface area (Å²) >= 11 is 0. The van der Waals surface area contributed by atoms with E-state index >= 15 is 0 Å². The predicted molar refractivity (Wildman–Crippen MR) is 68.7 cm³/mol. The zero-order chi connectivity index (χ0) is 13.1. The molecule has 0 spiro atoms. The number of ether oxygens (including phenoxy) is 1. The number of likely N-dealkylation sites (tertiary alicyclic amines) is 1. The number of aliphatic hydroxyl groups excluding tert-OH is 1. The molecule has 1 saturated heterocycles. The molecule has 18 heavy (non-hydrogen) atoms. The minimum Gasteiger partial charge on any atom is -0.496 e. The second kappa shape index (κ2) is 5.40. The lowest BCUT2D eigenvalue weighted by atomic mass is 10.0. The molecule has 0 aromatic heterocycles. The Balaban J connectivity index is 2.13. The van der Waals surface area contributed by atoms with Gasteiger partial charge in [-0.25, -0.2) is 0 Å². The summed E-state index contributed by atoms with van der Waals surface area (Å²) in [5.74, 6) is 0.766. The maximum Gasteiger partial charge on any atom is 0.257 e. The van der Waals surface area contributed by atoms with Crippen molar-refractivity contribution in [2.45, 2.75) is 19.4 Å². The highest BCUT2D eigenvalue weighted by Crippen LogP contribution is 2.25. The fraction of sp³-hybridized carbons (Fsp3) is 0.500. The maximum atomic E-state index is 12.4. The van der Waals surface area contributed by atoms with Crippen LogP contribution < -0.4 is 4.74 Å². The van der Waals surface area contributed by atoms with Crippen LogP contribution in [0.5, 0.6) is 5.75 Å². The highest BCUT2D eigenvalue weighted by Gasteiger charge is 2.30. The van der Waals surface area contributed by atoms with Crippen LogP contribution in [0.1, 0.15) is 23.7 Å². The van der Waals surface area contributed by atoms with Gasteiger partial charge in [0.25, 0.3) is 5.91 Å². The number of para-hydroxylation sites is 1. The number of hydrogen-bond donors (Lipinski definition) is 1. The van der Waals surface area contributed by atoms with Crippen LogP contribution in [0.4, 0.5) is 0 Å². The third-order valence-corrected chi connectivity index (χ3v) is 3.53. The van der Waals surface area contributed by atoms with Gasteiger partial charge in [0.15, 0.2) is 0 Å². The van der Waals surface area contributed by atoms with Crippen molar-refractivity contribution in [3.05, 3.63) is 29.8 Å². The Morgan fingerprint density at radius 3 is 2.83 bits per heavy atom. The normalized spacial score (nSPS) is 20.8. The van der Waals surface area contributed by atoms with Gasteiger partial charge in [0.05, 0.1) is 18.8 Å². The van der Waals surface area contributed by atoms with E-state index < -0.39 is 0 Å². The largest absolute Gasteiger partial charge is 0.496 e. The average molecular weight is 249 g/mol. The standard InChI is InChI=1S/C14H19NO3/c1-10(16)11-7-8-15(9-11)14(17)12-5-3-4-6-13(12)18-2/h3-6,10-11,16H,7-9H2,1-2H3. The lowest BCUT2D eigenvalue weighted by molar-refractivity contribution is 0.0759. The third-order valence-electron chi connectivity index (χ3n) is 3.53. The van der Waals surface area contributed by atoms with Gasteiger partial charge >= 0.3 is 0 Å². The summed E-state index contributed by atoms with van der Waals surface area (Å²) < 4.78 is 5.20. The predicted octanol–water partition coefficient (Wildman–Crippen LogP) is 1.54. The van der Waals surface area contributed by atoms with E-state index in [1.807, 2.05) is 12.1 Å². The van der Waals surface area contributed by atoms with Crippen LogP contribution >= 0.6 is 0 Å². The first-order valence-electron chi connectivity index (χ1n) is 6.24. The molecular weight excluding hydrogens is 230 g/mol. The molecule has 1 aromatic rings. The molecule has 4 heteroatoms. The fourth-order valence-electron chi connectivity index (χ4n) is 2.36.